The van der Waals surface area contributed by atoms with E-state index in [1.165, 1.54) is 0 Å². The van der Waals surface area contributed by atoms with Gasteiger partial charge >= 0.3 is 0 Å². The zero-order valence-corrected chi connectivity index (χ0v) is 17.5. The van der Waals surface area contributed by atoms with E-state index in [2.05, 4.69) is 50.0 Å². The molecule has 1 atom stereocenters. The summed E-state index contributed by atoms with van der Waals surface area (Å²) in [5, 5.41) is 12.8. The van der Waals surface area contributed by atoms with Crippen LogP contribution in [0.3, 0.4) is 0 Å². The summed E-state index contributed by atoms with van der Waals surface area (Å²) >= 11 is 3.30. The zero-order valence-electron chi connectivity index (χ0n) is 15.9. The summed E-state index contributed by atoms with van der Waals surface area (Å²) in [7, 11) is 1.75. The lowest BCUT2D eigenvalue weighted by Crippen LogP contribution is -2.51. The molecule has 144 valence electrons. The number of nitrogens with zero attached hydrogens (tertiary/aromatic N) is 4. The summed E-state index contributed by atoms with van der Waals surface area (Å²) in [6, 6.07) is 4.82. The maximum absolute atomic E-state index is 12.6. The number of anilines is 4. The van der Waals surface area contributed by atoms with E-state index in [9.17, 15) is 9.90 Å². The highest BCUT2D eigenvalue weighted by atomic mass is 79.9. The lowest BCUT2D eigenvalue weighted by molar-refractivity contribution is -0.119. The van der Waals surface area contributed by atoms with Crippen molar-refractivity contribution in [3.8, 4) is 5.75 Å². The third-order valence-electron chi connectivity index (χ3n) is 4.69. The average Bonchev–Trinajstić information content (AvgIpc) is 2.62. The van der Waals surface area contributed by atoms with Gasteiger partial charge in [-0.15, -0.1) is 0 Å². The van der Waals surface area contributed by atoms with Gasteiger partial charge in [-0.1, -0.05) is 13.8 Å². The molecule has 1 unspecified atom stereocenters. The third kappa shape index (κ3) is 4.00. The monoisotopic (exact) mass is 433 g/mol. The quantitative estimate of drug-likeness (QED) is 0.695. The Bertz CT molecular complexity index is 858. The number of hydrogen-bond donors (Lipinski definition) is 2. The number of aromatic hydroxyl groups is 1. The molecular weight excluding hydrogens is 410 g/mol. The second-order valence-electron chi connectivity index (χ2n) is 7.14. The molecule has 1 aliphatic heterocycles. The number of phenolic OH excluding ortho intramolecular Hbond substituents is 1. The lowest BCUT2D eigenvalue weighted by Gasteiger charge is -2.39. The SMILES string of the molecule is CC(C)CCN1c2nc(Nc3ccc(O)c(Br)c3)ncc2N(C)C(=O)C1C. The molecule has 0 spiro atoms. The van der Waals surface area contributed by atoms with Crippen LogP contribution in [0.4, 0.5) is 23.1 Å². The first-order chi connectivity index (χ1) is 12.8. The number of hydrogen-bond acceptors (Lipinski definition) is 6. The van der Waals surface area contributed by atoms with Crippen LogP contribution in [-0.2, 0) is 4.79 Å². The predicted molar refractivity (Wildman–Crippen MR) is 111 cm³/mol. The van der Waals surface area contributed by atoms with Crippen molar-refractivity contribution in [1.29, 1.82) is 0 Å². The molecule has 1 aliphatic rings. The van der Waals surface area contributed by atoms with Crippen molar-refractivity contribution in [2.75, 3.05) is 28.7 Å². The molecule has 27 heavy (non-hydrogen) atoms. The number of halogens is 1. The molecule has 0 radical (unpaired) electrons. The number of fused-ring (bicyclic) bond motifs is 1. The molecule has 0 fully saturated rings. The number of benzene rings is 1. The van der Waals surface area contributed by atoms with Crippen LogP contribution in [-0.4, -0.2) is 40.6 Å². The van der Waals surface area contributed by atoms with Gasteiger partial charge in [-0.3, -0.25) is 4.79 Å². The first kappa shape index (κ1) is 19.4. The fourth-order valence-corrected chi connectivity index (χ4v) is 3.38. The van der Waals surface area contributed by atoms with Gasteiger partial charge in [-0.2, -0.15) is 4.98 Å². The van der Waals surface area contributed by atoms with Crippen molar-refractivity contribution in [3.05, 3.63) is 28.9 Å². The summed E-state index contributed by atoms with van der Waals surface area (Å²) in [6.07, 6.45) is 2.64. The lowest BCUT2D eigenvalue weighted by atomic mass is 10.1. The molecule has 2 aromatic rings. The van der Waals surface area contributed by atoms with E-state index in [1.54, 1.807) is 36.3 Å². The molecule has 2 N–H and O–H groups in total. The van der Waals surface area contributed by atoms with E-state index in [1.807, 2.05) is 6.92 Å². The van der Waals surface area contributed by atoms with Gasteiger partial charge in [0.1, 0.15) is 17.5 Å². The number of aromatic nitrogens is 2. The van der Waals surface area contributed by atoms with E-state index in [4.69, 9.17) is 0 Å². The van der Waals surface area contributed by atoms with Gasteiger partial charge in [0.05, 0.1) is 10.7 Å². The highest BCUT2D eigenvalue weighted by Gasteiger charge is 2.35. The molecule has 0 saturated heterocycles. The fraction of sp³-hybridized carbons (Fsp3) is 0.421. The number of nitrogens with one attached hydrogen (secondary N) is 1. The van der Waals surface area contributed by atoms with Crippen LogP contribution in [0.2, 0.25) is 0 Å². The number of phenols is 1. The molecule has 8 heteroatoms. The number of likely N-dealkylation sites (N-methyl/N-ethyl adjacent to an activating group) is 1. The molecule has 3 rings (SSSR count). The van der Waals surface area contributed by atoms with Gasteiger partial charge < -0.3 is 20.2 Å². The first-order valence-corrected chi connectivity index (χ1v) is 9.74. The van der Waals surface area contributed by atoms with Crippen molar-refractivity contribution < 1.29 is 9.90 Å². The van der Waals surface area contributed by atoms with Crippen LogP contribution in [0.15, 0.2) is 28.9 Å². The number of carbonyl (C=O) groups excluding carboxylic acids is 1. The van der Waals surface area contributed by atoms with Gasteiger partial charge in [-0.05, 0) is 53.4 Å². The predicted octanol–water partition coefficient (Wildman–Crippen LogP) is 3.91. The summed E-state index contributed by atoms with van der Waals surface area (Å²) in [4.78, 5) is 25.3. The van der Waals surface area contributed by atoms with E-state index < -0.39 is 0 Å². The molecule has 7 nitrogen and oxygen atoms in total. The Morgan fingerprint density at radius 1 is 1.37 bits per heavy atom. The van der Waals surface area contributed by atoms with Crippen molar-refractivity contribution in [2.24, 2.45) is 5.92 Å². The molecule has 1 amide bonds. The minimum absolute atomic E-state index is 0.0398. The maximum atomic E-state index is 12.6. The summed E-state index contributed by atoms with van der Waals surface area (Å²) in [5.74, 6) is 1.93. The Kier molecular flexibility index (Phi) is 5.55. The first-order valence-electron chi connectivity index (χ1n) is 8.94. The van der Waals surface area contributed by atoms with Crippen LogP contribution in [0.5, 0.6) is 5.75 Å². The van der Waals surface area contributed by atoms with Crippen LogP contribution >= 0.6 is 15.9 Å². The van der Waals surface area contributed by atoms with Gasteiger partial charge in [0, 0.05) is 19.3 Å². The molecule has 0 bridgehead atoms. The number of carbonyl (C=O) groups is 1. The van der Waals surface area contributed by atoms with Gasteiger partial charge in [0.25, 0.3) is 0 Å². The second-order valence-corrected chi connectivity index (χ2v) is 8.00. The van der Waals surface area contributed by atoms with Gasteiger partial charge in [0.15, 0.2) is 5.82 Å². The summed E-state index contributed by atoms with van der Waals surface area (Å²) < 4.78 is 0.586. The Labute approximate surface area is 167 Å². The van der Waals surface area contributed by atoms with Crippen LogP contribution in [0.25, 0.3) is 0 Å². The minimum atomic E-state index is -0.271. The Hall–Kier alpha value is -2.35. The zero-order chi connectivity index (χ0) is 19.7. The molecular formula is C19H24BrN5O2. The molecule has 1 aromatic carbocycles. The van der Waals surface area contributed by atoms with E-state index in [-0.39, 0.29) is 17.7 Å². The van der Waals surface area contributed by atoms with Crippen LogP contribution in [0, 0.1) is 5.92 Å². The average molecular weight is 434 g/mol. The molecule has 1 aromatic heterocycles. The topological polar surface area (TPSA) is 81.6 Å². The number of rotatable bonds is 5. The Morgan fingerprint density at radius 3 is 2.78 bits per heavy atom. The molecule has 2 heterocycles. The Morgan fingerprint density at radius 2 is 2.11 bits per heavy atom. The van der Waals surface area contributed by atoms with Crippen LogP contribution in [0.1, 0.15) is 27.2 Å². The van der Waals surface area contributed by atoms with Gasteiger partial charge in [0.2, 0.25) is 11.9 Å². The second kappa shape index (κ2) is 7.72. The van der Waals surface area contributed by atoms with Crippen molar-refractivity contribution in [2.45, 2.75) is 33.2 Å². The smallest absolute Gasteiger partial charge is 0.249 e. The summed E-state index contributed by atoms with van der Waals surface area (Å²) in [6.45, 7) is 7.00. The highest BCUT2D eigenvalue weighted by Crippen LogP contribution is 2.35. The minimum Gasteiger partial charge on any atom is -0.507 e. The van der Waals surface area contributed by atoms with E-state index in [0.717, 1.165) is 24.5 Å². The van der Waals surface area contributed by atoms with Crippen molar-refractivity contribution in [1.82, 2.24) is 9.97 Å². The summed E-state index contributed by atoms with van der Waals surface area (Å²) in [5.41, 5.74) is 1.46. The van der Waals surface area contributed by atoms with Crippen molar-refractivity contribution >= 4 is 45.0 Å². The fourth-order valence-electron chi connectivity index (χ4n) is 3.00. The third-order valence-corrected chi connectivity index (χ3v) is 5.33. The maximum Gasteiger partial charge on any atom is 0.249 e. The Balaban J connectivity index is 1.94. The molecule has 0 aliphatic carbocycles. The number of amides is 1. The normalized spacial score (nSPS) is 16.7. The largest absolute Gasteiger partial charge is 0.507 e. The standard InChI is InChI=1S/C19H24BrN5O2/c1-11(2)7-8-25-12(3)18(27)24(4)15-10-21-19(23-17(15)25)22-13-5-6-16(26)14(20)9-13/h5-6,9-12,26H,7-8H2,1-4H3,(H,21,22,23). The van der Waals surface area contributed by atoms with Crippen LogP contribution < -0.4 is 15.1 Å². The van der Waals surface area contributed by atoms with E-state index >= 15 is 0 Å². The van der Waals surface area contributed by atoms with E-state index in [0.29, 0.717) is 22.0 Å². The van der Waals surface area contributed by atoms with Gasteiger partial charge in [-0.25, -0.2) is 4.98 Å². The highest BCUT2D eigenvalue weighted by molar-refractivity contribution is 9.10. The molecule has 0 saturated carbocycles. The van der Waals surface area contributed by atoms with Crippen molar-refractivity contribution in [3.63, 3.8) is 0 Å².